The monoisotopic (exact) mass is 500 g/mol. The highest BCUT2D eigenvalue weighted by Crippen LogP contribution is 2.38. The maximum absolute atomic E-state index is 11.4. The summed E-state index contributed by atoms with van der Waals surface area (Å²) in [6, 6.07) is 12.8. The van der Waals surface area contributed by atoms with Crippen LogP contribution >= 0.6 is 31.9 Å². The summed E-state index contributed by atoms with van der Waals surface area (Å²) in [4.78, 5) is 21.9. The topological polar surface area (TPSA) is 95.5 Å². The normalized spacial score (nSPS) is 13.1. The highest BCUT2D eigenvalue weighted by Gasteiger charge is 2.28. The van der Waals surface area contributed by atoms with Gasteiger partial charge >= 0.3 is 0 Å². The van der Waals surface area contributed by atoms with Gasteiger partial charge in [-0.1, -0.05) is 56.1 Å². The number of ether oxygens (including phenoxy) is 1. The van der Waals surface area contributed by atoms with E-state index in [2.05, 4.69) is 31.9 Å². The zero-order valence-corrected chi connectivity index (χ0v) is 17.5. The van der Waals surface area contributed by atoms with Crippen LogP contribution in [0.5, 0.6) is 0 Å². The molecule has 27 heavy (non-hydrogen) atoms. The summed E-state index contributed by atoms with van der Waals surface area (Å²) < 4.78 is 6.22. The molecule has 9 heteroatoms. The lowest BCUT2D eigenvalue weighted by Crippen LogP contribution is -2.14. The van der Waals surface area contributed by atoms with Crippen LogP contribution in [0.25, 0.3) is 0 Å². The van der Waals surface area contributed by atoms with Crippen molar-refractivity contribution in [3.63, 3.8) is 0 Å². The van der Waals surface area contributed by atoms with E-state index in [-0.39, 0.29) is 11.4 Å². The molecule has 0 saturated carbocycles. The minimum absolute atomic E-state index is 0.0244. The third-order valence-corrected chi connectivity index (χ3v) is 4.95. The summed E-state index contributed by atoms with van der Waals surface area (Å²) >= 11 is 6.73. The van der Waals surface area contributed by atoms with E-state index in [1.807, 2.05) is 0 Å². The quantitative estimate of drug-likeness (QED) is 0.230. The fraction of sp³-hybridized carbons (Fsp3) is 0.333. The van der Waals surface area contributed by atoms with Gasteiger partial charge in [-0.25, -0.2) is 0 Å². The van der Waals surface area contributed by atoms with Crippen LogP contribution in [0, 0.1) is 20.2 Å². The van der Waals surface area contributed by atoms with E-state index >= 15 is 0 Å². The lowest BCUT2D eigenvalue weighted by Gasteiger charge is -2.25. The van der Waals surface area contributed by atoms with Gasteiger partial charge in [-0.3, -0.25) is 20.2 Å². The first-order valence-electron chi connectivity index (χ1n) is 8.23. The van der Waals surface area contributed by atoms with Crippen molar-refractivity contribution in [2.75, 3.05) is 10.7 Å². The van der Waals surface area contributed by atoms with E-state index in [0.29, 0.717) is 34.6 Å². The Hall–Kier alpha value is -1.84. The van der Waals surface area contributed by atoms with Crippen molar-refractivity contribution < 1.29 is 14.6 Å². The van der Waals surface area contributed by atoms with Crippen LogP contribution in [-0.2, 0) is 4.74 Å². The van der Waals surface area contributed by atoms with Crippen molar-refractivity contribution >= 4 is 43.2 Å². The Labute approximate surface area is 173 Å². The Morgan fingerprint density at radius 3 is 1.48 bits per heavy atom. The highest BCUT2D eigenvalue weighted by molar-refractivity contribution is 9.09. The number of hydrogen-bond donors (Lipinski definition) is 0. The third-order valence-electron chi connectivity index (χ3n) is 4.03. The van der Waals surface area contributed by atoms with E-state index in [1.54, 1.807) is 36.4 Å². The van der Waals surface area contributed by atoms with Crippen molar-refractivity contribution in [3.8, 4) is 0 Å². The molecule has 0 radical (unpaired) electrons. The van der Waals surface area contributed by atoms with Gasteiger partial charge in [0.2, 0.25) is 0 Å². The largest absolute Gasteiger partial charge is 0.365 e. The lowest BCUT2D eigenvalue weighted by atomic mass is 10.0. The van der Waals surface area contributed by atoms with Gasteiger partial charge in [0.15, 0.2) is 0 Å². The van der Waals surface area contributed by atoms with Crippen LogP contribution in [0.3, 0.4) is 0 Å². The van der Waals surface area contributed by atoms with Crippen LogP contribution in [-0.4, -0.2) is 20.5 Å². The van der Waals surface area contributed by atoms with E-state index in [0.717, 1.165) is 0 Å². The van der Waals surface area contributed by atoms with Gasteiger partial charge in [0.05, 0.1) is 33.2 Å². The maximum Gasteiger partial charge on any atom is 0.275 e. The average Bonchev–Trinajstić information content (AvgIpc) is 2.67. The molecule has 7 nitrogen and oxygen atoms in total. The Morgan fingerprint density at radius 2 is 1.15 bits per heavy atom. The average molecular weight is 502 g/mol. The number of nitro benzene ring substituents is 2. The van der Waals surface area contributed by atoms with Crippen LogP contribution in [0.1, 0.15) is 36.2 Å². The molecule has 0 N–H and O–H groups in total. The van der Waals surface area contributed by atoms with Crippen LogP contribution < -0.4 is 0 Å². The summed E-state index contributed by atoms with van der Waals surface area (Å²) in [5.74, 6) is 0. The molecular weight excluding hydrogens is 484 g/mol. The van der Waals surface area contributed by atoms with Crippen molar-refractivity contribution in [3.05, 3.63) is 79.9 Å². The van der Waals surface area contributed by atoms with E-state index in [1.165, 1.54) is 12.1 Å². The summed E-state index contributed by atoms with van der Waals surface area (Å²) in [7, 11) is 0. The molecule has 0 bridgehead atoms. The van der Waals surface area contributed by atoms with Crippen LogP contribution in [0.2, 0.25) is 0 Å². The molecule has 2 aromatic rings. The fourth-order valence-corrected chi connectivity index (χ4v) is 3.67. The second-order valence-electron chi connectivity index (χ2n) is 5.70. The highest BCUT2D eigenvalue weighted by atomic mass is 79.9. The minimum Gasteiger partial charge on any atom is -0.365 e. The second kappa shape index (κ2) is 10.5. The number of nitrogens with zero attached hydrogens (tertiary/aromatic N) is 2. The van der Waals surface area contributed by atoms with Gasteiger partial charge in [0.25, 0.3) is 11.4 Å². The molecule has 0 saturated heterocycles. The van der Waals surface area contributed by atoms with Crippen LogP contribution in [0.15, 0.2) is 48.5 Å². The van der Waals surface area contributed by atoms with Gasteiger partial charge in [0.1, 0.15) is 0 Å². The Morgan fingerprint density at radius 1 is 0.778 bits per heavy atom. The van der Waals surface area contributed by atoms with Gasteiger partial charge in [0, 0.05) is 22.8 Å². The summed E-state index contributed by atoms with van der Waals surface area (Å²) in [5, 5.41) is 23.9. The molecule has 0 amide bonds. The first-order chi connectivity index (χ1) is 13.0. The van der Waals surface area contributed by atoms with Crippen molar-refractivity contribution in [1.82, 2.24) is 0 Å². The zero-order valence-electron chi connectivity index (χ0n) is 14.3. The standard InChI is InChI=1S/C18H18Br2N2O5/c19-11-9-17(13-5-1-3-7-15(13)21(23)24)27-18(10-12-20)14-6-2-4-8-16(14)22(25)26/h1-8,17-18H,9-12H2. The molecule has 0 aliphatic rings. The Kier molecular flexibility index (Phi) is 8.33. The maximum atomic E-state index is 11.4. The molecule has 144 valence electrons. The molecule has 0 aromatic heterocycles. The number of rotatable bonds is 10. The number of hydrogen-bond acceptors (Lipinski definition) is 5. The van der Waals surface area contributed by atoms with Crippen molar-refractivity contribution in [2.45, 2.75) is 25.0 Å². The van der Waals surface area contributed by atoms with Crippen molar-refractivity contribution in [2.24, 2.45) is 0 Å². The Bertz CT molecular complexity index is 737. The fourth-order valence-electron chi connectivity index (χ4n) is 2.84. The second-order valence-corrected chi connectivity index (χ2v) is 7.29. The molecular formula is C18H18Br2N2O5. The molecule has 0 aliphatic heterocycles. The molecule has 2 aromatic carbocycles. The van der Waals surface area contributed by atoms with Crippen LogP contribution in [0.4, 0.5) is 11.4 Å². The summed E-state index contributed by atoms with van der Waals surface area (Å²) in [6.07, 6.45) is -0.168. The van der Waals surface area contributed by atoms with E-state index < -0.39 is 22.1 Å². The first-order valence-corrected chi connectivity index (χ1v) is 10.5. The number of para-hydroxylation sites is 2. The van der Waals surface area contributed by atoms with Gasteiger partial charge in [-0.2, -0.15) is 0 Å². The number of alkyl halides is 2. The molecule has 0 aliphatic carbocycles. The van der Waals surface area contributed by atoms with E-state index in [9.17, 15) is 20.2 Å². The third kappa shape index (κ3) is 5.57. The molecule has 2 rings (SSSR count). The van der Waals surface area contributed by atoms with Gasteiger partial charge in [-0.05, 0) is 25.0 Å². The smallest absolute Gasteiger partial charge is 0.275 e. The predicted octanol–water partition coefficient (Wildman–Crippen LogP) is 5.87. The van der Waals surface area contributed by atoms with Crippen molar-refractivity contribution in [1.29, 1.82) is 0 Å². The SMILES string of the molecule is O=[N+]([O-])c1ccccc1C(CCBr)OC(CCBr)c1ccccc1[N+](=O)[O-]. The predicted molar refractivity (Wildman–Crippen MR) is 110 cm³/mol. The number of nitro groups is 2. The summed E-state index contributed by atoms with van der Waals surface area (Å²) in [6.45, 7) is 0. The zero-order chi connectivity index (χ0) is 19.8. The molecule has 0 spiro atoms. The molecule has 0 fully saturated rings. The number of halogens is 2. The minimum atomic E-state index is -0.574. The Balaban J connectivity index is 2.43. The first kappa shape index (κ1) is 21.5. The van der Waals surface area contributed by atoms with Gasteiger partial charge in [-0.15, -0.1) is 0 Å². The molecule has 0 heterocycles. The summed E-state index contributed by atoms with van der Waals surface area (Å²) in [5.41, 5.74) is 0.868. The molecule has 2 atom stereocenters. The van der Waals surface area contributed by atoms with E-state index in [4.69, 9.17) is 4.74 Å². The molecule has 2 unspecified atom stereocenters. The van der Waals surface area contributed by atoms with Gasteiger partial charge < -0.3 is 4.74 Å². The number of benzene rings is 2. The lowest BCUT2D eigenvalue weighted by molar-refractivity contribution is -0.387.